The van der Waals surface area contributed by atoms with Crippen molar-refractivity contribution in [3.05, 3.63) is 48.3 Å². The fraction of sp³-hybridized carbons (Fsp3) is 0.250. The van der Waals surface area contributed by atoms with Gasteiger partial charge in [0.15, 0.2) is 0 Å². The van der Waals surface area contributed by atoms with Crippen LogP contribution in [0.4, 0.5) is 11.4 Å². The van der Waals surface area contributed by atoms with Gasteiger partial charge >= 0.3 is 0 Å². The van der Waals surface area contributed by atoms with E-state index in [4.69, 9.17) is 15.7 Å². The lowest BCUT2D eigenvalue weighted by molar-refractivity contribution is 0.415. The van der Waals surface area contributed by atoms with Gasteiger partial charge in [-0.15, -0.1) is 0 Å². The van der Waals surface area contributed by atoms with E-state index in [1.807, 2.05) is 36.5 Å². The second-order valence-corrected chi connectivity index (χ2v) is 4.62. The van der Waals surface area contributed by atoms with Gasteiger partial charge in [-0.1, -0.05) is 6.07 Å². The fourth-order valence-corrected chi connectivity index (χ4v) is 2.11. The minimum absolute atomic E-state index is 0.427. The standard InChI is InChI=1S/C16H18N4O/c1-21-14-5-6-15(18)16(10-14)20(9-3-7-17)12-13-4-2-8-19-11-13/h2,4-6,8,10-11H,3,9,12,18H2,1H3. The SMILES string of the molecule is COc1ccc(N)c(N(CCC#N)Cc2cccnc2)c1. The number of hydrogen-bond donors (Lipinski definition) is 1. The molecule has 0 aliphatic rings. The number of nitrogens with zero attached hydrogens (tertiary/aromatic N) is 3. The molecule has 0 aliphatic carbocycles. The molecule has 108 valence electrons. The Morgan fingerprint density at radius 2 is 2.24 bits per heavy atom. The number of nitrogens with two attached hydrogens (primary N) is 1. The van der Waals surface area contributed by atoms with Crippen LogP contribution in [-0.2, 0) is 6.54 Å². The van der Waals surface area contributed by atoms with Crippen LogP contribution in [0.15, 0.2) is 42.7 Å². The molecule has 0 saturated carbocycles. The van der Waals surface area contributed by atoms with Crippen LogP contribution in [0.3, 0.4) is 0 Å². The summed E-state index contributed by atoms with van der Waals surface area (Å²) in [5.41, 5.74) is 8.68. The van der Waals surface area contributed by atoms with E-state index in [0.29, 0.717) is 25.2 Å². The lowest BCUT2D eigenvalue weighted by Crippen LogP contribution is -2.24. The van der Waals surface area contributed by atoms with Crippen molar-refractivity contribution in [3.63, 3.8) is 0 Å². The van der Waals surface area contributed by atoms with Gasteiger partial charge in [0, 0.05) is 31.5 Å². The quantitative estimate of drug-likeness (QED) is 0.824. The Kier molecular flexibility index (Phi) is 4.99. The zero-order valence-electron chi connectivity index (χ0n) is 12.0. The number of hydrogen-bond acceptors (Lipinski definition) is 5. The predicted octanol–water partition coefficient (Wildman–Crippen LogP) is 2.59. The highest BCUT2D eigenvalue weighted by atomic mass is 16.5. The minimum atomic E-state index is 0.427. The van der Waals surface area contributed by atoms with Crippen LogP contribution in [0, 0.1) is 11.3 Å². The van der Waals surface area contributed by atoms with E-state index in [1.54, 1.807) is 13.3 Å². The third kappa shape index (κ3) is 3.86. The van der Waals surface area contributed by atoms with E-state index < -0.39 is 0 Å². The van der Waals surface area contributed by atoms with E-state index in [0.717, 1.165) is 17.0 Å². The molecule has 2 aromatic rings. The lowest BCUT2D eigenvalue weighted by Gasteiger charge is -2.25. The number of rotatable bonds is 6. The first-order chi connectivity index (χ1) is 10.2. The summed E-state index contributed by atoms with van der Waals surface area (Å²) in [6.07, 6.45) is 3.98. The highest BCUT2D eigenvalue weighted by Gasteiger charge is 2.12. The maximum Gasteiger partial charge on any atom is 0.121 e. The maximum atomic E-state index is 8.85. The molecule has 0 amide bonds. The first-order valence-electron chi connectivity index (χ1n) is 6.69. The monoisotopic (exact) mass is 282 g/mol. The molecule has 1 heterocycles. The Morgan fingerprint density at radius 1 is 1.38 bits per heavy atom. The molecule has 0 radical (unpaired) electrons. The molecule has 0 saturated heterocycles. The molecule has 2 rings (SSSR count). The summed E-state index contributed by atoms with van der Waals surface area (Å²) in [4.78, 5) is 6.19. The molecule has 0 aliphatic heterocycles. The zero-order chi connectivity index (χ0) is 15.1. The van der Waals surface area contributed by atoms with Crippen molar-refractivity contribution in [2.45, 2.75) is 13.0 Å². The second kappa shape index (κ2) is 7.15. The number of anilines is 2. The first-order valence-corrected chi connectivity index (χ1v) is 6.69. The summed E-state index contributed by atoms with van der Waals surface area (Å²) in [5.74, 6) is 0.743. The molecule has 2 N–H and O–H groups in total. The van der Waals surface area contributed by atoms with Crippen LogP contribution in [0.2, 0.25) is 0 Å². The molecule has 0 bridgehead atoms. The Morgan fingerprint density at radius 3 is 2.90 bits per heavy atom. The molecular weight excluding hydrogens is 264 g/mol. The van der Waals surface area contributed by atoms with Crippen LogP contribution < -0.4 is 15.4 Å². The van der Waals surface area contributed by atoms with Crippen molar-refractivity contribution < 1.29 is 4.74 Å². The smallest absolute Gasteiger partial charge is 0.121 e. The average molecular weight is 282 g/mol. The molecule has 5 nitrogen and oxygen atoms in total. The Labute approximate surface area is 124 Å². The van der Waals surface area contributed by atoms with Gasteiger partial charge in [-0.2, -0.15) is 5.26 Å². The van der Waals surface area contributed by atoms with Gasteiger partial charge in [0.25, 0.3) is 0 Å². The van der Waals surface area contributed by atoms with Crippen molar-refractivity contribution in [2.24, 2.45) is 0 Å². The number of nitriles is 1. The number of nitrogen functional groups attached to an aromatic ring is 1. The summed E-state index contributed by atoms with van der Waals surface area (Å²) in [6, 6.07) is 11.6. The fourth-order valence-electron chi connectivity index (χ4n) is 2.11. The molecule has 1 aromatic heterocycles. The van der Waals surface area contributed by atoms with Crippen LogP contribution in [-0.4, -0.2) is 18.6 Å². The summed E-state index contributed by atoms with van der Waals surface area (Å²) in [6.45, 7) is 1.25. The van der Waals surface area contributed by atoms with Crippen LogP contribution in [0.1, 0.15) is 12.0 Å². The molecule has 21 heavy (non-hydrogen) atoms. The summed E-state index contributed by atoms with van der Waals surface area (Å²) in [7, 11) is 1.62. The molecule has 0 unspecified atom stereocenters. The van der Waals surface area contributed by atoms with Crippen molar-refractivity contribution in [1.29, 1.82) is 5.26 Å². The van der Waals surface area contributed by atoms with Gasteiger partial charge in [0.1, 0.15) is 5.75 Å². The minimum Gasteiger partial charge on any atom is -0.497 e. The summed E-state index contributed by atoms with van der Waals surface area (Å²) >= 11 is 0. The van der Waals surface area contributed by atoms with Gasteiger partial charge in [0.2, 0.25) is 0 Å². The van der Waals surface area contributed by atoms with Crippen LogP contribution in [0.5, 0.6) is 5.75 Å². The Balaban J connectivity index is 2.29. The Bertz CT molecular complexity index is 622. The third-order valence-electron chi connectivity index (χ3n) is 3.17. The number of aromatic nitrogens is 1. The molecule has 0 spiro atoms. The molecule has 0 atom stereocenters. The second-order valence-electron chi connectivity index (χ2n) is 4.62. The van der Waals surface area contributed by atoms with Crippen molar-refractivity contribution in [1.82, 2.24) is 4.98 Å². The van der Waals surface area contributed by atoms with Crippen molar-refractivity contribution in [2.75, 3.05) is 24.3 Å². The van der Waals surface area contributed by atoms with E-state index in [1.165, 1.54) is 0 Å². The van der Waals surface area contributed by atoms with Crippen molar-refractivity contribution >= 4 is 11.4 Å². The van der Waals surface area contributed by atoms with E-state index in [-0.39, 0.29) is 0 Å². The summed E-state index contributed by atoms with van der Waals surface area (Å²) in [5, 5.41) is 8.85. The van der Waals surface area contributed by atoms with Crippen LogP contribution in [0.25, 0.3) is 0 Å². The van der Waals surface area contributed by atoms with Gasteiger partial charge in [0.05, 0.1) is 31.0 Å². The average Bonchev–Trinajstić information content (AvgIpc) is 2.53. The number of methoxy groups -OCH3 is 1. The lowest BCUT2D eigenvalue weighted by atomic mass is 10.2. The zero-order valence-corrected chi connectivity index (χ0v) is 12.0. The number of pyridine rings is 1. The van der Waals surface area contributed by atoms with E-state index in [2.05, 4.69) is 16.0 Å². The van der Waals surface area contributed by atoms with E-state index >= 15 is 0 Å². The predicted molar refractivity (Wildman–Crippen MR) is 82.9 cm³/mol. The number of benzene rings is 1. The molecular formula is C16H18N4O. The number of ether oxygens (including phenoxy) is 1. The Hall–Kier alpha value is -2.74. The van der Waals surface area contributed by atoms with Gasteiger partial charge in [-0.3, -0.25) is 4.98 Å². The van der Waals surface area contributed by atoms with Gasteiger partial charge in [-0.25, -0.2) is 0 Å². The van der Waals surface area contributed by atoms with Crippen molar-refractivity contribution in [3.8, 4) is 11.8 Å². The van der Waals surface area contributed by atoms with Gasteiger partial charge in [-0.05, 0) is 23.8 Å². The molecule has 0 fully saturated rings. The topological polar surface area (TPSA) is 75.2 Å². The molecule has 1 aromatic carbocycles. The third-order valence-corrected chi connectivity index (χ3v) is 3.17. The largest absolute Gasteiger partial charge is 0.497 e. The first kappa shape index (κ1) is 14.7. The molecule has 5 heteroatoms. The van der Waals surface area contributed by atoms with Gasteiger partial charge < -0.3 is 15.4 Å². The summed E-state index contributed by atoms with van der Waals surface area (Å²) < 4.78 is 5.26. The highest BCUT2D eigenvalue weighted by molar-refractivity contribution is 5.69. The highest BCUT2D eigenvalue weighted by Crippen LogP contribution is 2.29. The maximum absolute atomic E-state index is 8.85. The normalized spacial score (nSPS) is 9.90. The van der Waals surface area contributed by atoms with Crippen LogP contribution >= 0.6 is 0 Å². The van der Waals surface area contributed by atoms with E-state index in [9.17, 15) is 0 Å².